The molecule has 19 heavy (non-hydrogen) atoms. The highest BCUT2D eigenvalue weighted by Gasteiger charge is 2.08. The fraction of sp³-hybridized carbons (Fsp3) is 0.0714. The molecule has 5 heteroatoms. The third kappa shape index (κ3) is 3.17. The van der Waals surface area contributed by atoms with Gasteiger partial charge in [0.2, 0.25) is 0 Å². The number of benzene rings is 1. The van der Waals surface area contributed by atoms with Gasteiger partial charge < -0.3 is 14.9 Å². The molecular weight excluding hydrogens is 266 g/mol. The molecule has 98 valence electrons. The average molecular weight is 278 g/mol. The highest BCUT2D eigenvalue weighted by Crippen LogP contribution is 2.31. The summed E-state index contributed by atoms with van der Waals surface area (Å²) in [4.78, 5) is 11.0. The molecule has 0 atom stereocenters. The van der Waals surface area contributed by atoms with Gasteiger partial charge in [-0.1, -0.05) is 11.6 Å². The second kappa shape index (κ2) is 5.63. The molecule has 0 aliphatic rings. The highest BCUT2D eigenvalue weighted by atomic mass is 35.5. The van der Waals surface area contributed by atoms with Crippen molar-refractivity contribution in [1.29, 1.82) is 0 Å². The first-order valence-electron chi connectivity index (χ1n) is 5.51. The van der Waals surface area contributed by atoms with E-state index < -0.39 is 5.97 Å². The molecule has 2 N–H and O–H groups in total. The van der Waals surface area contributed by atoms with Crippen molar-refractivity contribution in [2.24, 2.45) is 0 Å². The Labute approximate surface area is 115 Å². The topological polar surface area (TPSA) is 65.5 Å². The summed E-state index contributed by atoms with van der Waals surface area (Å²) >= 11 is 6.08. The molecule has 1 aromatic heterocycles. The first-order valence-corrected chi connectivity index (χ1v) is 5.89. The van der Waals surface area contributed by atoms with E-state index in [1.807, 2.05) is 0 Å². The molecule has 4 nitrogen and oxygen atoms in total. The van der Waals surface area contributed by atoms with Crippen LogP contribution in [0.25, 0.3) is 17.4 Å². The summed E-state index contributed by atoms with van der Waals surface area (Å²) in [6.45, 7) is 0. The van der Waals surface area contributed by atoms with Crippen molar-refractivity contribution in [2.45, 2.75) is 0 Å². The van der Waals surface area contributed by atoms with Gasteiger partial charge in [-0.05, 0) is 36.4 Å². The average Bonchev–Trinajstić information content (AvgIpc) is 2.87. The number of hydrogen-bond acceptors (Lipinski definition) is 4. The molecule has 0 saturated carbocycles. The lowest BCUT2D eigenvalue weighted by Gasteiger charge is -2.01. The largest absolute Gasteiger partial charge is 0.466 e. The molecule has 0 fully saturated rings. The Kier molecular flexibility index (Phi) is 3.92. The second-order valence-electron chi connectivity index (χ2n) is 3.80. The van der Waals surface area contributed by atoms with Crippen LogP contribution in [0.1, 0.15) is 5.76 Å². The van der Waals surface area contributed by atoms with Crippen molar-refractivity contribution in [2.75, 3.05) is 12.8 Å². The SMILES string of the molecule is COC(=O)/C=C/c1ccc(-c2cc(N)ccc2Cl)o1. The van der Waals surface area contributed by atoms with Gasteiger partial charge >= 0.3 is 5.97 Å². The Balaban J connectivity index is 2.28. The molecule has 0 saturated heterocycles. The highest BCUT2D eigenvalue weighted by molar-refractivity contribution is 6.33. The number of carbonyl (C=O) groups excluding carboxylic acids is 1. The van der Waals surface area contributed by atoms with E-state index in [2.05, 4.69) is 4.74 Å². The van der Waals surface area contributed by atoms with E-state index >= 15 is 0 Å². The molecule has 1 heterocycles. The smallest absolute Gasteiger partial charge is 0.330 e. The monoisotopic (exact) mass is 277 g/mol. The number of ether oxygens (including phenoxy) is 1. The molecule has 0 spiro atoms. The zero-order valence-electron chi connectivity index (χ0n) is 10.2. The van der Waals surface area contributed by atoms with Gasteiger partial charge in [0.05, 0.1) is 12.1 Å². The third-order valence-electron chi connectivity index (χ3n) is 2.47. The maximum absolute atomic E-state index is 11.0. The van der Waals surface area contributed by atoms with Crippen molar-refractivity contribution in [3.63, 3.8) is 0 Å². The molecule has 0 unspecified atom stereocenters. The van der Waals surface area contributed by atoms with E-state index in [0.29, 0.717) is 27.8 Å². The van der Waals surface area contributed by atoms with E-state index in [9.17, 15) is 4.79 Å². The van der Waals surface area contributed by atoms with Crippen LogP contribution in [-0.4, -0.2) is 13.1 Å². The van der Waals surface area contributed by atoms with Gasteiger partial charge in [-0.2, -0.15) is 0 Å². The Morgan fingerprint density at radius 3 is 2.89 bits per heavy atom. The van der Waals surface area contributed by atoms with Crippen LogP contribution in [0.5, 0.6) is 0 Å². The number of carbonyl (C=O) groups is 1. The Morgan fingerprint density at radius 2 is 2.16 bits per heavy atom. The number of nitrogens with two attached hydrogens (primary N) is 1. The summed E-state index contributed by atoms with van der Waals surface area (Å²) < 4.78 is 10.1. The number of hydrogen-bond donors (Lipinski definition) is 1. The predicted octanol–water partition coefficient (Wildman–Crippen LogP) is 3.37. The van der Waals surface area contributed by atoms with Crippen molar-refractivity contribution in [3.05, 3.63) is 47.2 Å². The van der Waals surface area contributed by atoms with Crippen LogP contribution in [0, 0.1) is 0 Å². The second-order valence-corrected chi connectivity index (χ2v) is 4.20. The molecule has 2 rings (SSSR count). The maximum atomic E-state index is 11.0. The van der Waals surface area contributed by atoms with Gasteiger partial charge in [0, 0.05) is 17.3 Å². The molecule has 0 aliphatic carbocycles. The summed E-state index contributed by atoms with van der Waals surface area (Å²) in [5.74, 6) is 0.667. The summed E-state index contributed by atoms with van der Waals surface area (Å²) in [5, 5.41) is 0.548. The van der Waals surface area contributed by atoms with Gasteiger partial charge in [-0.25, -0.2) is 4.79 Å². The van der Waals surface area contributed by atoms with Gasteiger partial charge in [0.1, 0.15) is 11.5 Å². The molecule has 2 aromatic rings. The molecular formula is C14H12ClNO3. The maximum Gasteiger partial charge on any atom is 0.330 e. The number of furan rings is 1. The number of halogens is 1. The molecule has 0 aliphatic heterocycles. The van der Waals surface area contributed by atoms with E-state index in [0.717, 1.165) is 0 Å². The molecule has 1 aromatic carbocycles. The van der Waals surface area contributed by atoms with E-state index in [1.165, 1.54) is 19.3 Å². The van der Waals surface area contributed by atoms with Crippen molar-refractivity contribution in [3.8, 4) is 11.3 Å². The predicted molar refractivity (Wildman–Crippen MR) is 74.6 cm³/mol. The standard InChI is InChI=1S/C14H12ClNO3/c1-18-14(17)7-4-10-3-6-13(19-10)11-8-9(16)2-5-12(11)15/h2-8H,16H2,1H3/b7-4+. The van der Waals surface area contributed by atoms with E-state index in [1.54, 1.807) is 30.3 Å². The summed E-state index contributed by atoms with van der Waals surface area (Å²) in [6.07, 6.45) is 2.80. The molecule has 0 amide bonds. The van der Waals surface area contributed by atoms with Crippen LogP contribution in [0.2, 0.25) is 5.02 Å². The van der Waals surface area contributed by atoms with Gasteiger partial charge in [0.25, 0.3) is 0 Å². The summed E-state index contributed by atoms with van der Waals surface area (Å²) in [7, 11) is 1.31. The number of esters is 1. The molecule has 0 bridgehead atoms. The van der Waals surface area contributed by atoms with Gasteiger partial charge in [-0.15, -0.1) is 0 Å². The molecule has 0 radical (unpaired) electrons. The van der Waals surface area contributed by atoms with E-state index in [4.69, 9.17) is 21.8 Å². The third-order valence-corrected chi connectivity index (χ3v) is 2.80. The lowest BCUT2D eigenvalue weighted by atomic mass is 10.1. The van der Waals surface area contributed by atoms with Crippen molar-refractivity contribution < 1.29 is 13.9 Å². The zero-order valence-corrected chi connectivity index (χ0v) is 11.0. The van der Waals surface area contributed by atoms with Crippen LogP contribution in [0.4, 0.5) is 5.69 Å². The number of nitrogen functional groups attached to an aromatic ring is 1. The van der Waals surface area contributed by atoms with Crippen LogP contribution >= 0.6 is 11.6 Å². The fourth-order valence-electron chi connectivity index (χ4n) is 1.54. The first kappa shape index (κ1) is 13.2. The van der Waals surface area contributed by atoms with Gasteiger partial charge in [-0.3, -0.25) is 0 Å². The minimum Gasteiger partial charge on any atom is -0.466 e. The van der Waals surface area contributed by atoms with Crippen LogP contribution in [0.3, 0.4) is 0 Å². The number of anilines is 1. The Morgan fingerprint density at radius 1 is 1.37 bits per heavy atom. The normalized spacial score (nSPS) is 10.8. The quantitative estimate of drug-likeness (QED) is 0.531. The lowest BCUT2D eigenvalue weighted by molar-refractivity contribution is -0.134. The zero-order chi connectivity index (χ0) is 13.8. The summed E-state index contributed by atoms with van der Waals surface area (Å²) in [6, 6.07) is 8.65. The first-order chi connectivity index (χ1) is 9.10. The van der Waals surface area contributed by atoms with Crippen LogP contribution < -0.4 is 5.73 Å². The Bertz CT molecular complexity index is 631. The Hall–Kier alpha value is -2.20. The number of methoxy groups -OCH3 is 1. The minimum absolute atomic E-state index is 0.445. The van der Waals surface area contributed by atoms with Crippen LogP contribution in [-0.2, 0) is 9.53 Å². The minimum atomic E-state index is -0.445. The van der Waals surface area contributed by atoms with E-state index in [-0.39, 0.29) is 0 Å². The lowest BCUT2D eigenvalue weighted by Crippen LogP contribution is -1.92. The number of rotatable bonds is 3. The van der Waals surface area contributed by atoms with Gasteiger partial charge in [0.15, 0.2) is 0 Å². The summed E-state index contributed by atoms with van der Waals surface area (Å²) in [5.41, 5.74) is 7.02. The van der Waals surface area contributed by atoms with Crippen molar-refractivity contribution in [1.82, 2.24) is 0 Å². The van der Waals surface area contributed by atoms with Crippen LogP contribution in [0.15, 0.2) is 40.8 Å². The van der Waals surface area contributed by atoms with Crippen molar-refractivity contribution >= 4 is 29.3 Å². The fourth-order valence-corrected chi connectivity index (χ4v) is 1.75.